The van der Waals surface area contributed by atoms with E-state index in [4.69, 9.17) is 9.47 Å². The number of aryl methyl sites for hydroxylation is 1. The van der Waals surface area contributed by atoms with Crippen molar-refractivity contribution in [1.82, 2.24) is 20.1 Å². The van der Waals surface area contributed by atoms with Gasteiger partial charge in [-0.3, -0.25) is 14.6 Å². The van der Waals surface area contributed by atoms with E-state index in [1.54, 1.807) is 4.90 Å². The maximum atomic E-state index is 15.5. The van der Waals surface area contributed by atoms with Gasteiger partial charge in [0, 0.05) is 74.5 Å². The Morgan fingerprint density at radius 1 is 1.10 bits per heavy atom. The van der Waals surface area contributed by atoms with E-state index in [0.29, 0.717) is 36.1 Å². The standard InChI is InChI=1S/C33H39FN4O4/c1-21-15-32(39)38(19-21)20-24-17-29(34)28(18-31(24)42-27-5-6-30-23(16-27)4-3-22(2)35-30)33(40)36-25-7-11-37(12-8-25)26-9-13-41-14-10-26/h3-6,16-18,21,25-26H,7-15,19-20H2,1-2H3,(H,36,40)/t21-/m0/s1. The summed E-state index contributed by atoms with van der Waals surface area (Å²) < 4.78 is 27.3. The fraction of sp³-hybridized carbons (Fsp3) is 0.485. The predicted octanol–water partition coefficient (Wildman–Crippen LogP) is 5.22. The lowest BCUT2D eigenvalue weighted by Crippen LogP contribution is -2.49. The van der Waals surface area contributed by atoms with Crippen molar-refractivity contribution in [3.05, 3.63) is 65.1 Å². The largest absolute Gasteiger partial charge is 0.457 e. The van der Waals surface area contributed by atoms with Crippen LogP contribution in [-0.4, -0.2) is 71.5 Å². The molecule has 222 valence electrons. The molecule has 0 unspecified atom stereocenters. The van der Waals surface area contributed by atoms with Crippen molar-refractivity contribution in [3.8, 4) is 11.5 Å². The number of likely N-dealkylation sites (tertiary alicyclic amines) is 2. The Morgan fingerprint density at radius 3 is 2.62 bits per heavy atom. The Hall–Kier alpha value is -3.56. The van der Waals surface area contributed by atoms with Crippen molar-refractivity contribution in [2.24, 2.45) is 5.92 Å². The zero-order valence-corrected chi connectivity index (χ0v) is 24.4. The minimum Gasteiger partial charge on any atom is -0.457 e. The highest BCUT2D eigenvalue weighted by atomic mass is 19.1. The fourth-order valence-electron chi connectivity index (χ4n) is 6.43. The average Bonchev–Trinajstić information content (AvgIpc) is 3.31. The molecule has 2 amide bonds. The molecule has 1 N–H and O–H groups in total. The van der Waals surface area contributed by atoms with Gasteiger partial charge >= 0.3 is 0 Å². The molecule has 42 heavy (non-hydrogen) atoms. The molecule has 4 heterocycles. The van der Waals surface area contributed by atoms with E-state index in [1.807, 2.05) is 44.2 Å². The van der Waals surface area contributed by atoms with Crippen LogP contribution in [0.2, 0.25) is 0 Å². The first-order valence-electron chi connectivity index (χ1n) is 15.1. The first-order valence-corrected chi connectivity index (χ1v) is 15.1. The molecular formula is C33H39FN4O4. The number of ether oxygens (including phenoxy) is 2. The van der Waals surface area contributed by atoms with Gasteiger partial charge in [-0.2, -0.15) is 0 Å². The first-order chi connectivity index (χ1) is 20.3. The van der Waals surface area contributed by atoms with Gasteiger partial charge in [-0.25, -0.2) is 4.39 Å². The highest BCUT2D eigenvalue weighted by Gasteiger charge is 2.30. The second kappa shape index (κ2) is 12.4. The predicted molar refractivity (Wildman–Crippen MR) is 158 cm³/mol. The van der Waals surface area contributed by atoms with Gasteiger partial charge in [0.15, 0.2) is 0 Å². The molecule has 6 rings (SSSR count). The van der Waals surface area contributed by atoms with E-state index in [9.17, 15) is 9.59 Å². The number of carbonyl (C=O) groups is 2. The van der Waals surface area contributed by atoms with E-state index in [2.05, 4.69) is 15.2 Å². The van der Waals surface area contributed by atoms with E-state index >= 15 is 4.39 Å². The van der Waals surface area contributed by atoms with Crippen LogP contribution in [-0.2, 0) is 16.1 Å². The lowest BCUT2D eigenvalue weighted by atomic mass is 9.99. The Bertz CT molecular complexity index is 1470. The minimum absolute atomic E-state index is 0.0165. The second-order valence-electron chi connectivity index (χ2n) is 12.1. The smallest absolute Gasteiger partial charge is 0.254 e. The van der Waals surface area contributed by atoms with Gasteiger partial charge in [-0.1, -0.05) is 13.0 Å². The molecule has 0 aliphatic carbocycles. The quantitative estimate of drug-likeness (QED) is 0.417. The number of nitrogens with zero attached hydrogens (tertiary/aromatic N) is 3. The first kappa shape index (κ1) is 28.6. The summed E-state index contributed by atoms with van der Waals surface area (Å²) in [6, 6.07) is 12.9. The van der Waals surface area contributed by atoms with Crippen LogP contribution in [0.5, 0.6) is 11.5 Å². The number of rotatable bonds is 7. The Labute approximate surface area is 246 Å². The summed E-state index contributed by atoms with van der Waals surface area (Å²) in [4.78, 5) is 34.7. The van der Waals surface area contributed by atoms with Gasteiger partial charge < -0.3 is 24.6 Å². The lowest BCUT2D eigenvalue weighted by Gasteiger charge is -2.39. The molecule has 9 heteroatoms. The fourth-order valence-corrected chi connectivity index (χ4v) is 6.43. The molecule has 0 radical (unpaired) electrons. The van der Waals surface area contributed by atoms with Crippen LogP contribution < -0.4 is 10.1 Å². The summed E-state index contributed by atoms with van der Waals surface area (Å²) in [5.41, 5.74) is 2.24. The summed E-state index contributed by atoms with van der Waals surface area (Å²) in [7, 11) is 0. The maximum absolute atomic E-state index is 15.5. The zero-order chi connectivity index (χ0) is 29.2. The number of nitrogens with one attached hydrogen (secondary N) is 1. The summed E-state index contributed by atoms with van der Waals surface area (Å²) >= 11 is 0. The van der Waals surface area contributed by atoms with E-state index < -0.39 is 11.7 Å². The lowest BCUT2D eigenvalue weighted by molar-refractivity contribution is -0.128. The molecule has 2 aromatic carbocycles. The average molecular weight is 575 g/mol. The number of piperidine rings is 1. The van der Waals surface area contributed by atoms with Crippen LogP contribution in [0.25, 0.3) is 10.9 Å². The van der Waals surface area contributed by atoms with Crippen LogP contribution in [0.1, 0.15) is 60.6 Å². The molecule has 0 saturated carbocycles. The maximum Gasteiger partial charge on any atom is 0.254 e. The number of hydrogen-bond acceptors (Lipinski definition) is 6. The normalized spacial score (nSPS) is 20.8. The van der Waals surface area contributed by atoms with Crippen LogP contribution in [0, 0.1) is 18.7 Å². The third-order valence-corrected chi connectivity index (χ3v) is 8.76. The third kappa shape index (κ3) is 6.42. The number of fused-ring (bicyclic) bond motifs is 1. The molecule has 0 spiro atoms. The Morgan fingerprint density at radius 2 is 1.88 bits per heavy atom. The molecule has 1 aromatic heterocycles. The monoisotopic (exact) mass is 574 g/mol. The number of pyridine rings is 1. The molecule has 3 aliphatic rings. The van der Waals surface area contributed by atoms with Crippen molar-refractivity contribution >= 4 is 22.7 Å². The number of hydrogen-bond donors (Lipinski definition) is 1. The molecule has 0 bridgehead atoms. The topological polar surface area (TPSA) is 84.0 Å². The van der Waals surface area contributed by atoms with Gasteiger partial charge in [-0.05, 0) is 74.9 Å². The van der Waals surface area contributed by atoms with Crippen molar-refractivity contribution in [1.29, 1.82) is 0 Å². The molecule has 3 aromatic rings. The van der Waals surface area contributed by atoms with E-state index in [0.717, 1.165) is 68.6 Å². The Balaban J connectivity index is 1.21. The van der Waals surface area contributed by atoms with Crippen LogP contribution in [0.3, 0.4) is 0 Å². The summed E-state index contributed by atoms with van der Waals surface area (Å²) in [5.74, 6) is 0.127. The highest BCUT2D eigenvalue weighted by molar-refractivity contribution is 5.95. The molecule has 1 atom stereocenters. The van der Waals surface area contributed by atoms with Crippen molar-refractivity contribution in [2.75, 3.05) is 32.8 Å². The van der Waals surface area contributed by atoms with Gasteiger partial charge in [-0.15, -0.1) is 0 Å². The van der Waals surface area contributed by atoms with Gasteiger partial charge in [0.2, 0.25) is 5.91 Å². The molecule has 8 nitrogen and oxygen atoms in total. The minimum atomic E-state index is -0.618. The summed E-state index contributed by atoms with van der Waals surface area (Å²) in [6.07, 6.45) is 4.22. The Kier molecular flexibility index (Phi) is 8.40. The number of carbonyl (C=O) groups excluding carboxylic acids is 2. The zero-order valence-electron chi connectivity index (χ0n) is 24.4. The molecule has 3 fully saturated rings. The van der Waals surface area contributed by atoms with Gasteiger partial charge in [0.05, 0.1) is 11.1 Å². The van der Waals surface area contributed by atoms with Gasteiger partial charge in [0.1, 0.15) is 17.3 Å². The molecule has 3 aliphatic heterocycles. The number of amides is 2. The van der Waals surface area contributed by atoms with E-state index in [-0.39, 0.29) is 30.0 Å². The third-order valence-electron chi connectivity index (χ3n) is 8.76. The van der Waals surface area contributed by atoms with Crippen molar-refractivity contribution in [2.45, 2.75) is 64.6 Å². The number of aromatic nitrogens is 1. The molecular weight excluding hydrogens is 535 g/mol. The SMILES string of the molecule is Cc1ccc2cc(Oc3cc(C(=O)NC4CCN(C5CCOCC5)CC4)c(F)cc3CN3C[C@@H](C)CC3=O)ccc2n1. The van der Waals surface area contributed by atoms with Crippen LogP contribution in [0.15, 0.2) is 42.5 Å². The number of halogens is 1. The van der Waals surface area contributed by atoms with Crippen molar-refractivity contribution in [3.63, 3.8) is 0 Å². The summed E-state index contributed by atoms with van der Waals surface area (Å²) in [6.45, 7) is 8.23. The highest BCUT2D eigenvalue weighted by Crippen LogP contribution is 2.33. The van der Waals surface area contributed by atoms with Gasteiger partial charge in [0.25, 0.3) is 5.91 Å². The number of benzene rings is 2. The van der Waals surface area contributed by atoms with Crippen molar-refractivity contribution < 1.29 is 23.5 Å². The molecule has 3 saturated heterocycles. The summed E-state index contributed by atoms with van der Waals surface area (Å²) in [5, 5.41) is 3.98. The van der Waals surface area contributed by atoms with E-state index in [1.165, 1.54) is 12.1 Å². The van der Waals surface area contributed by atoms with Crippen LogP contribution >= 0.6 is 0 Å². The second-order valence-corrected chi connectivity index (χ2v) is 12.1. The van der Waals surface area contributed by atoms with Crippen LogP contribution in [0.4, 0.5) is 4.39 Å².